The topological polar surface area (TPSA) is 107 Å². The highest BCUT2D eigenvalue weighted by molar-refractivity contribution is 5.51. The molecule has 5 atom stereocenters. The molecule has 0 saturated carbocycles. The summed E-state index contributed by atoms with van der Waals surface area (Å²) in [6, 6.07) is 16.5. The van der Waals surface area contributed by atoms with E-state index in [0.29, 0.717) is 11.4 Å². The molecule has 25 heavy (non-hydrogen) atoms. The van der Waals surface area contributed by atoms with Crippen molar-refractivity contribution in [1.82, 2.24) is 0 Å². The Bertz CT molecular complexity index is 708. The van der Waals surface area contributed by atoms with E-state index in [1.54, 1.807) is 31.2 Å². The van der Waals surface area contributed by atoms with Crippen LogP contribution in [0.2, 0.25) is 0 Å². The van der Waals surface area contributed by atoms with Crippen molar-refractivity contribution in [2.45, 2.75) is 37.6 Å². The zero-order valence-corrected chi connectivity index (χ0v) is 13.7. The molecular formula is C18H21N3O4. The van der Waals surface area contributed by atoms with Gasteiger partial charge in [-0.3, -0.25) is 0 Å². The summed E-state index contributed by atoms with van der Waals surface area (Å²) in [6.45, 7) is 1.64. The molecule has 0 amide bonds. The number of anilines is 1. The van der Waals surface area contributed by atoms with Crippen molar-refractivity contribution in [2.75, 3.05) is 5.32 Å². The maximum atomic E-state index is 10.0. The van der Waals surface area contributed by atoms with Gasteiger partial charge >= 0.3 is 0 Å². The fourth-order valence-electron chi connectivity index (χ4n) is 2.57. The molecule has 0 aromatic heterocycles. The molecule has 0 spiro atoms. The van der Waals surface area contributed by atoms with Crippen LogP contribution in [0, 0.1) is 0 Å². The summed E-state index contributed by atoms with van der Waals surface area (Å²) in [6.07, 6.45) is -5.02. The molecule has 0 aliphatic carbocycles. The van der Waals surface area contributed by atoms with Crippen molar-refractivity contribution < 1.29 is 20.1 Å². The SMILES string of the molecule is C[C@@H]1OC(Nc2ccc(N=Nc3ccccc3)cc2)[C@H](O)[C@H](O)[C@H]1O. The molecule has 2 aromatic rings. The van der Waals surface area contributed by atoms with E-state index in [1.165, 1.54) is 0 Å². The van der Waals surface area contributed by atoms with Crippen LogP contribution in [-0.2, 0) is 4.74 Å². The summed E-state index contributed by atoms with van der Waals surface area (Å²) in [7, 11) is 0. The summed E-state index contributed by atoms with van der Waals surface area (Å²) in [5.41, 5.74) is 2.15. The first kappa shape index (κ1) is 17.5. The van der Waals surface area contributed by atoms with Crippen LogP contribution in [0.1, 0.15) is 6.92 Å². The molecule has 1 heterocycles. The average molecular weight is 343 g/mol. The Morgan fingerprint density at radius 1 is 0.800 bits per heavy atom. The standard InChI is InChI=1S/C18H21N3O4/c1-11-15(22)16(23)17(24)18(25-11)19-12-7-9-14(10-8-12)21-20-13-5-3-2-4-6-13/h2-11,15-19,22-24H,1H3/t11-,15-,16+,17+,18?/m0/s1. The minimum absolute atomic E-state index is 0.588. The molecule has 1 saturated heterocycles. The molecule has 1 aliphatic heterocycles. The molecule has 2 aromatic carbocycles. The smallest absolute Gasteiger partial charge is 0.157 e. The quantitative estimate of drug-likeness (QED) is 0.638. The van der Waals surface area contributed by atoms with E-state index in [9.17, 15) is 15.3 Å². The number of hydrogen-bond acceptors (Lipinski definition) is 7. The Balaban J connectivity index is 1.64. The summed E-state index contributed by atoms with van der Waals surface area (Å²) in [5.74, 6) is 0. The van der Waals surface area contributed by atoms with Crippen molar-refractivity contribution >= 4 is 17.1 Å². The van der Waals surface area contributed by atoms with Crippen LogP contribution in [-0.4, -0.2) is 46.0 Å². The molecule has 132 valence electrons. The van der Waals surface area contributed by atoms with Crippen LogP contribution in [0.25, 0.3) is 0 Å². The molecule has 1 aliphatic rings. The third kappa shape index (κ3) is 4.21. The monoisotopic (exact) mass is 343 g/mol. The van der Waals surface area contributed by atoms with Crippen molar-refractivity contribution in [3.05, 3.63) is 54.6 Å². The van der Waals surface area contributed by atoms with Crippen molar-refractivity contribution in [3.8, 4) is 0 Å². The van der Waals surface area contributed by atoms with E-state index < -0.39 is 30.6 Å². The lowest BCUT2D eigenvalue weighted by Crippen LogP contribution is -2.58. The maximum absolute atomic E-state index is 10.0. The summed E-state index contributed by atoms with van der Waals surface area (Å²) in [4.78, 5) is 0. The lowest BCUT2D eigenvalue weighted by molar-refractivity contribution is -0.209. The van der Waals surface area contributed by atoms with Crippen LogP contribution < -0.4 is 5.32 Å². The fourth-order valence-corrected chi connectivity index (χ4v) is 2.57. The van der Waals surface area contributed by atoms with Crippen LogP contribution >= 0.6 is 0 Å². The molecule has 1 fully saturated rings. The zero-order chi connectivity index (χ0) is 17.8. The highest BCUT2D eigenvalue weighted by Gasteiger charge is 2.41. The third-order valence-electron chi connectivity index (χ3n) is 4.07. The summed E-state index contributed by atoms with van der Waals surface area (Å²) < 4.78 is 5.51. The molecule has 1 unspecified atom stereocenters. The summed E-state index contributed by atoms with van der Waals surface area (Å²) >= 11 is 0. The van der Waals surface area contributed by atoms with E-state index in [0.717, 1.165) is 5.69 Å². The van der Waals surface area contributed by atoms with Crippen molar-refractivity contribution in [1.29, 1.82) is 0 Å². The number of aliphatic hydroxyl groups excluding tert-OH is 3. The highest BCUT2D eigenvalue weighted by atomic mass is 16.5. The number of benzene rings is 2. The van der Waals surface area contributed by atoms with Gasteiger partial charge in [-0.1, -0.05) is 18.2 Å². The lowest BCUT2D eigenvalue weighted by Gasteiger charge is -2.39. The number of azo groups is 1. The molecule has 7 heteroatoms. The van der Waals surface area contributed by atoms with E-state index in [1.807, 2.05) is 30.3 Å². The van der Waals surface area contributed by atoms with Crippen molar-refractivity contribution in [2.24, 2.45) is 10.2 Å². The Hall–Kier alpha value is -2.32. The maximum Gasteiger partial charge on any atom is 0.157 e. The van der Waals surface area contributed by atoms with Crippen molar-refractivity contribution in [3.63, 3.8) is 0 Å². The fraction of sp³-hybridized carbons (Fsp3) is 0.333. The first-order valence-electron chi connectivity index (χ1n) is 8.07. The predicted octanol–water partition coefficient (Wildman–Crippen LogP) is 2.34. The number of nitrogens with zero attached hydrogens (tertiary/aromatic N) is 2. The number of aliphatic hydroxyl groups is 3. The van der Waals surface area contributed by atoms with Gasteiger partial charge in [0.1, 0.15) is 18.3 Å². The van der Waals surface area contributed by atoms with Gasteiger partial charge < -0.3 is 25.4 Å². The van der Waals surface area contributed by atoms with Gasteiger partial charge in [-0.25, -0.2) is 0 Å². The van der Waals surface area contributed by atoms with E-state index in [2.05, 4.69) is 15.5 Å². The number of ether oxygens (including phenoxy) is 1. The van der Waals surface area contributed by atoms with E-state index in [4.69, 9.17) is 4.74 Å². The van der Waals surface area contributed by atoms with E-state index >= 15 is 0 Å². The Morgan fingerprint density at radius 2 is 1.40 bits per heavy atom. The molecular weight excluding hydrogens is 322 g/mol. The highest BCUT2D eigenvalue weighted by Crippen LogP contribution is 2.24. The van der Waals surface area contributed by atoms with Gasteiger partial charge in [-0.15, -0.1) is 0 Å². The number of nitrogens with one attached hydrogen (secondary N) is 1. The first-order valence-corrected chi connectivity index (χ1v) is 8.07. The van der Waals surface area contributed by atoms with Crippen LogP contribution in [0.4, 0.5) is 17.1 Å². The molecule has 3 rings (SSSR count). The van der Waals surface area contributed by atoms with Gasteiger partial charge in [0.05, 0.1) is 17.5 Å². The second kappa shape index (κ2) is 7.71. The first-order chi connectivity index (χ1) is 12.0. The molecule has 0 radical (unpaired) electrons. The van der Waals surface area contributed by atoms with Gasteiger partial charge in [0.15, 0.2) is 6.23 Å². The van der Waals surface area contributed by atoms with Gasteiger partial charge in [0, 0.05) is 5.69 Å². The average Bonchev–Trinajstić information content (AvgIpc) is 2.64. The molecule has 4 N–H and O–H groups in total. The van der Waals surface area contributed by atoms with Gasteiger partial charge in [-0.05, 0) is 43.3 Å². The minimum atomic E-state index is -1.26. The third-order valence-corrected chi connectivity index (χ3v) is 4.07. The lowest BCUT2D eigenvalue weighted by atomic mass is 9.99. The Morgan fingerprint density at radius 3 is 2.04 bits per heavy atom. The summed E-state index contributed by atoms with van der Waals surface area (Å²) in [5, 5.41) is 40.9. The number of rotatable bonds is 4. The largest absolute Gasteiger partial charge is 0.388 e. The van der Waals surface area contributed by atoms with Gasteiger partial charge in [-0.2, -0.15) is 10.2 Å². The predicted molar refractivity (Wildman–Crippen MR) is 93.0 cm³/mol. The zero-order valence-electron chi connectivity index (χ0n) is 13.7. The van der Waals surface area contributed by atoms with E-state index in [-0.39, 0.29) is 0 Å². The Kier molecular flexibility index (Phi) is 5.40. The van der Waals surface area contributed by atoms with Crippen LogP contribution in [0.15, 0.2) is 64.8 Å². The van der Waals surface area contributed by atoms with Crippen LogP contribution in [0.5, 0.6) is 0 Å². The molecule has 0 bridgehead atoms. The molecule has 7 nitrogen and oxygen atoms in total. The van der Waals surface area contributed by atoms with Gasteiger partial charge in [0.2, 0.25) is 0 Å². The Labute approximate surface area is 145 Å². The number of hydrogen-bond donors (Lipinski definition) is 4. The van der Waals surface area contributed by atoms with Gasteiger partial charge in [0.25, 0.3) is 0 Å². The minimum Gasteiger partial charge on any atom is -0.388 e. The second-order valence-corrected chi connectivity index (χ2v) is 5.96. The van der Waals surface area contributed by atoms with Crippen LogP contribution in [0.3, 0.4) is 0 Å². The second-order valence-electron chi connectivity index (χ2n) is 5.96. The normalized spacial score (nSPS) is 29.7.